The molecule has 26 heavy (non-hydrogen) atoms. The number of carbonyl (C=O) groups is 2. The van der Waals surface area contributed by atoms with Gasteiger partial charge in [0, 0.05) is 18.6 Å². The number of amides is 1. The van der Waals surface area contributed by atoms with E-state index in [0.29, 0.717) is 18.3 Å². The maximum absolute atomic E-state index is 12.0. The lowest BCUT2D eigenvalue weighted by molar-refractivity contribution is -0.384. The highest BCUT2D eigenvalue weighted by Gasteiger charge is 2.40. The molecule has 140 valence electrons. The molecule has 0 aliphatic heterocycles. The summed E-state index contributed by atoms with van der Waals surface area (Å²) in [5, 5.41) is 13.3. The number of nitro groups is 1. The Labute approximate surface area is 151 Å². The van der Waals surface area contributed by atoms with Gasteiger partial charge in [-0.3, -0.25) is 19.7 Å². The molecule has 8 heteroatoms. The molecule has 3 rings (SSSR count). The number of ether oxygens (including phenoxy) is 2. The van der Waals surface area contributed by atoms with Gasteiger partial charge in [0.2, 0.25) is 0 Å². The van der Waals surface area contributed by atoms with Crippen LogP contribution in [0.3, 0.4) is 0 Å². The molecule has 1 aromatic carbocycles. The molecule has 2 aliphatic carbocycles. The number of benzene rings is 1. The Kier molecular flexibility index (Phi) is 5.39. The molecular weight excluding hydrogens is 340 g/mol. The van der Waals surface area contributed by atoms with E-state index in [2.05, 4.69) is 5.32 Å². The smallest absolute Gasteiger partial charge is 0.306 e. The Morgan fingerprint density at radius 1 is 1.31 bits per heavy atom. The number of fused-ring (bicyclic) bond motifs is 2. The van der Waals surface area contributed by atoms with Gasteiger partial charge in [-0.05, 0) is 43.1 Å². The topological polar surface area (TPSA) is 108 Å². The van der Waals surface area contributed by atoms with Crippen LogP contribution in [-0.2, 0) is 14.3 Å². The van der Waals surface area contributed by atoms with E-state index in [1.807, 2.05) is 0 Å². The molecule has 2 fully saturated rings. The Morgan fingerprint density at radius 3 is 2.73 bits per heavy atom. The predicted octanol–water partition coefficient (Wildman–Crippen LogP) is 2.91. The van der Waals surface area contributed by atoms with Gasteiger partial charge in [-0.15, -0.1) is 0 Å². The van der Waals surface area contributed by atoms with Crippen LogP contribution in [0.15, 0.2) is 18.2 Å². The summed E-state index contributed by atoms with van der Waals surface area (Å²) in [7, 11) is 1.40. The van der Waals surface area contributed by atoms with Gasteiger partial charge in [0.05, 0.1) is 17.7 Å². The van der Waals surface area contributed by atoms with Gasteiger partial charge in [0.25, 0.3) is 11.6 Å². The molecule has 1 N–H and O–H groups in total. The second-order valence-corrected chi connectivity index (χ2v) is 6.99. The Hall–Kier alpha value is -2.64. The molecule has 1 amide bonds. The number of hydrogen-bond acceptors (Lipinski definition) is 6. The molecule has 0 spiro atoms. The van der Waals surface area contributed by atoms with Gasteiger partial charge in [-0.2, -0.15) is 0 Å². The van der Waals surface area contributed by atoms with Gasteiger partial charge >= 0.3 is 5.97 Å². The summed E-state index contributed by atoms with van der Waals surface area (Å²) in [5.74, 6) is 1.10. The summed E-state index contributed by atoms with van der Waals surface area (Å²) < 4.78 is 10.1. The Bertz CT molecular complexity index is 720. The number of hydrogen-bond donors (Lipinski definition) is 1. The second kappa shape index (κ2) is 7.72. The van der Waals surface area contributed by atoms with E-state index in [9.17, 15) is 19.7 Å². The molecule has 0 heterocycles. The number of nitro benzene ring substituents is 1. The lowest BCUT2D eigenvalue weighted by Gasteiger charge is -2.20. The summed E-state index contributed by atoms with van der Waals surface area (Å²) >= 11 is 0. The first-order valence-corrected chi connectivity index (χ1v) is 8.74. The van der Waals surface area contributed by atoms with Gasteiger partial charge < -0.3 is 14.8 Å². The standard InChI is InChI=1S/C18H22N2O6/c1-25-16-5-4-14(20(23)24)9-15(16)19-17(21)10-26-18(22)8-13-7-11-2-3-12(13)6-11/h4-5,9,11-13H,2-3,6-8,10H2,1H3,(H,19,21)/t11-,12+,13-/m0/s1. The largest absolute Gasteiger partial charge is 0.495 e. The van der Waals surface area contributed by atoms with Crippen molar-refractivity contribution in [2.24, 2.45) is 17.8 Å². The van der Waals surface area contributed by atoms with Crippen molar-refractivity contribution in [1.82, 2.24) is 0 Å². The highest BCUT2D eigenvalue weighted by atomic mass is 16.6. The lowest BCUT2D eigenvalue weighted by atomic mass is 9.86. The number of esters is 1. The van der Waals surface area contributed by atoms with Gasteiger partial charge in [0.15, 0.2) is 6.61 Å². The van der Waals surface area contributed by atoms with Crippen molar-refractivity contribution in [3.05, 3.63) is 28.3 Å². The zero-order chi connectivity index (χ0) is 18.7. The van der Waals surface area contributed by atoms with Gasteiger partial charge in [-0.1, -0.05) is 6.42 Å². The molecule has 2 aliphatic rings. The first-order chi connectivity index (χ1) is 12.5. The van der Waals surface area contributed by atoms with Crippen molar-refractivity contribution in [2.45, 2.75) is 32.1 Å². The molecule has 8 nitrogen and oxygen atoms in total. The van der Waals surface area contributed by atoms with Crippen LogP contribution in [0.4, 0.5) is 11.4 Å². The summed E-state index contributed by atoms with van der Waals surface area (Å²) in [6.07, 6.45) is 5.11. The van der Waals surface area contributed by atoms with Crippen LogP contribution in [0.5, 0.6) is 5.75 Å². The maximum Gasteiger partial charge on any atom is 0.306 e. The number of rotatable bonds is 7. The van der Waals surface area contributed by atoms with E-state index in [1.54, 1.807) is 0 Å². The molecular formula is C18H22N2O6. The first-order valence-electron chi connectivity index (χ1n) is 8.74. The maximum atomic E-state index is 12.0. The molecule has 3 atom stereocenters. The quantitative estimate of drug-likeness (QED) is 0.454. The molecule has 0 aromatic heterocycles. The van der Waals surface area contributed by atoms with Crippen LogP contribution >= 0.6 is 0 Å². The fourth-order valence-electron chi connectivity index (χ4n) is 4.14. The third-order valence-electron chi connectivity index (χ3n) is 5.35. The predicted molar refractivity (Wildman–Crippen MR) is 92.8 cm³/mol. The van der Waals surface area contributed by atoms with Crippen molar-refractivity contribution < 1.29 is 24.0 Å². The number of non-ortho nitro benzene ring substituents is 1. The van der Waals surface area contributed by atoms with Crippen molar-refractivity contribution in [3.63, 3.8) is 0 Å². The van der Waals surface area contributed by atoms with E-state index >= 15 is 0 Å². The normalized spacial score (nSPS) is 23.5. The molecule has 0 radical (unpaired) electrons. The van der Waals surface area contributed by atoms with Crippen LogP contribution in [0, 0.1) is 27.9 Å². The SMILES string of the molecule is COc1ccc([N+](=O)[O-])cc1NC(=O)COC(=O)C[C@@H]1C[C@H]2CC[C@@H]1C2. The van der Waals surface area contributed by atoms with Crippen molar-refractivity contribution in [2.75, 3.05) is 19.0 Å². The third kappa shape index (κ3) is 4.12. The minimum atomic E-state index is -0.565. The average Bonchev–Trinajstić information content (AvgIpc) is 3.22. The van der Waals surface area contributed by atoms with E-state index in [0.717, 1.165) is 12.3 Å². The molecule has 0 saturated heterocycles. The van der Waals surface area contributed by atoms with Crippen LogP contribution in [-0.4, -0.2) is 30.5 Å². The number of nitrogens with one attached hydrogen (secondary N) is 1. The fourth-order valence-corrected chi connectivity index (χ4v) is 4.14. The zero-order valence-electron chi connectivity index (χ0n) is 14.6. The minimum absolute atomic E-state index is 0.163. The lowest BCUT2D eigenvalue weighted by Crippen LogP contribution is -2.23. The minimum Gasteiger partial charge on any atom is -0.495 e. The molecule has 0 unspecified atom stereocenters. The number of nitrogens with zero attached hydrogens (tertiary/aromatic N) is 1. The van der Waals surface area contributed by atoms with Gasteiger partial charge in [0.1, 0.15) is 5.75 Å². The van der Waals surface area contributed by atoms with E-state index in [1.165, 1.54) is 44.6 Å². The fraction of sp³-hybridized carbons (Fsp3) is 0.556. The summed E-state index contributed by atoms with van der Waals surface area (Å²) in [6, 6.07) is 3.88. The Morgan fingerprint density at radius 2 is 2.12 bits per heavy atom. The molecule has 2 saturated carbocycles. The number of anilines is 1. The highest BCUT2D eigenvalue weighted by molar-refractivity contribution is 5.94. The van der Waals surface area contributed by atoms with Crippen LogP contribution in [0.2, 0.25) is 0 Å². The van der Waals surface area contributed by atoms with Crippen LogP contribution in [0.25, 0.3) is 0 Å². The average molecular weight is 362 g/mol. The monoisotopic (exact) mass is 362 g/mol. The zero-order valence-corrected chi connectivity index (χ0v) is 14.6. The van der Waals surface area contributed by atoms with Gasteiger partial charge in [-0.25, -0.2) is 0 Å². The van der Waals surface area contributed by atoms with E-state index < -0.39 is 17.4 Å². The highest BCUT2D eigenvalue weighted by Crippen LogP contribution is 2.49. The number of methoxy groups -OCH3 is 1. The van der Waals surface area contributed by atoms with Crippen molar-refractivity contribution in [3.8, 4) is 5.75 Å². The summed E-state index contributed by atoms with van der Waals surface area (Å²) in [6.45, 7) is -0.425. The summed E-state index contributed by atoms with van der Waals surface area (Å²) in [5.41, 5.74) is -0.00904. The Balaban J connectivity index is 1.50. The second-order valence-electron chi connectivity index (χ2n) is 6.99. The summed E-state index contributed by atoms with van der Waals surface area (Å²) in [4.78, 5) is 34.3. The molecule has 1 aromatic rings. The van der Waals surface area contributed by atoms with Crippen molar-refractivity contribution >= 4 is 23.3 Å². The first kappa shape index (κ1) is 18.2. The van der Waals surface area contributed by atoms with Crippen LogP contribution < -0.4 is 10.1 Å². The van der Waals surface area contributed by atoms with E-state index in [4.69, 9.17) is 9.47 Å². The van der Waals surface area contributed by atoms with E-state index in [-0.39, 0.29) is 23.1 Å². The van der Waals surface area contributed by atoms with Crippen molar-refractivity contribution in [1.29, 1.82) is 0 Å². The van der Waals surface area contributed by atoms with Crippen LogP contribution in [0.1, 0.15) is 32.1 Å². The molecule has 2 bridgehead atoms. The number of carbonyl (C=O) groups excluding carboxylic acids is 2. The third-order valence-corrected chi connectivity index (χ3v) is 5.35.